The molecule has 108 valence electrons. The summed E-state index contributed by atoms with van der Waals surface area (Å²) in [5.74, 6) is 0.00813. The summed E-state index contributed by atoms with van der Waals surface area (Å²) in [6, 6.07) is 9.95. The second kappa shape index (κ2) is 7.51. The summed E-state index contributed by atoms with van der Waals surface area (Å²) in [4.78, 5) is 11.9. The molecule has 0 aliphatic carbocycles. The maximum absolute atomic E-state index is 11.9. The van der Waals surface area contributed by atoms with Gasteiger partial charge in [-0.2, -0.15) is 0 Å². The van der Waals surface area contributed by atoms with E-state index in [4.69, 9.17) is 5.73 Å². The fraction of sp³-hybridized carbons (Fsp3) is 0.533. The fourth-order valence-electron chi connectivity index (χ4n) is 1.96. The zero-order chi connectivity index (χ0) is 13.8. The van der Waals surface area contributed by atoms with E-state index in [1.165, 1.54) is 0 Å². The Balaban J connectivity index is 0.00000324. The van der Waals surface area contributed by atoms with E-state index < -0.39 is 0 Å². The molecule has 1 aromatic rings. The zero-order valence-corrected chi connectivity index (χ0v) is 13.0. The molecule has 1 aromatic carbocycles. The average molecular weight is 285 g/mol. The summed E-state index contributed by atoms with van der Waals surface area (Å²) in [6.07, 6.45) is 0.361. The van der Waals surface area contributed by atoms with Gasteiger partial charge in [-0.1, -0.05) is 51.1 Å². The van der Waals surface area contributed by atoms with Gasteiger partial charge in [0, 0.05) is 12.5 Å². The van der Waals surface area contributed by atoms with Crippen LogP contribution in [-0.4, -0.2) is 11.9 Å². The number of carbonyl (C=O) groups excluding carboxylic acids is 1. The van der Waals surface area contributed by atoms with Crippen molar-refractivity contribution < 1.29 is 4.79 Å². The Morgan fingerprint density at radius 1 is 1.26 bits per heavy atom. The molecule has 0 aliphatic rings. The third kappa shape index (κ3) is 6.08. The molecular weight excluding hydrogens is 260 g/mol. The topological polar surface area (TPSA) is 55.1 Å². The number of benzene rings is 1. The molecule has 1 rings (SSSR count). The molecule has 0 fully saturated rings. The van der Waals surface area contributed by atoms with Crippen molar-refractivity contribution >= 4 is 18.3 Å². The average Bonchev–Trinajstić information content (AvgIpc) is 2.24. The minimum absolute atomic E-state index is 0. The molecule has 0 radical (unpaired) electrons. The van der Waals surface area contributed by atoms with Crippen LogP contribution in [0.2, 0.25) is 0 Å². The molecule has 0 saturated carbocycles. The molecule has 19 heavy (non-hydrogen) atoms. The Labute approximate surface area is 122 Å². The number of nitrogens with two attached hydrogens (primary N) is 1. The summed E-state index contributed by atoms with van der Waals surface area (Å²) in [6.45, 7) is 8.21. The molecule has 3 N–H and O–H groups in total. The van der Waals surface area contributed by atoms with Gasteiger partial charge < -0.3 is 11.1 Å². The smallest absolute Gasteiger partial charge is 0.222 e. The quantitative estimate of drug-likeness (QED) is 0.893. The van der Waals surface area contributed by atoms with Crippen molar-refractivity contribution in [3.63, 3.8) is 0 Å². The van der Waals surface area contributed by atoms with Gasteiger partial charge in [0.05, 0.1) is 6.04 Å². The number of halogens is 1. The first kappa shape index (κ1) is 17.9. The number of carbonyl (C=O) groups is 1. The molecule has 0 saturated heterocycles. The lowest BCUT2D eigenvalue weighted by Crippen LogP contribution is -2.38. The Hall–Kier alpha value is -1.06. The van der Waals surface area contributed by atoms with E-state index in [1.807, 2.05) is 37.3 Å². The van der Waals surface area contributed by atoms with Crippen molar-refractivity contribution in [1.82, 2.24) is 5.32 Å². The molecule has 1 amide bonds. The first-order chi connectivity index (χ1) is 8.30. The third-order valence-electron chi connectivity index (χ3n) is 2.81. The van der Waals surface area contributed by atoms with Gasteiger partial charge in [0.25, 0.3) is 0 Å². The summed E-state index contributed by atoms with van der Waals surface area (Å²) < 4.78 is 0. The van der Waals surface area contributed by atoms with Crippen LogP contribution in [0.15, 0.2) is 30.3 Å². The van der Waals surface area contributed by atoms with Crippen LogP contribution in [0.25, 0.3) is 0 Å². The van der Waals surface area contributed by atoms with Crippen LogP contribution in [0.5, 0.6) is 0 Å². The minimum Gasteiger partial charge on any atom is -0.349 e. The Kier molecular flexibility index (Phi) is 7.09. The Bertz CT molecular complexity index is 385. The molecule has 2 atom stereocenters. The number of rotatable bonds is 4. The van der Waals surface area contributed by atoms with Crippen molar-refractivity contribution in [2.24, 2.45) is 11.1 Å². The lowest BCUT2D eigenvalue weighted by molar-refractivity contribution is -0.122. The van der Waals surface area contributed by atoms with Gasteiger partial charge in [0.1, 0.15) is 0 Å². The van der Waals surface area contributed by atoms with Gasteiger partial charge in [0.15, 0.2) is 0 Å². The summed E-state index contributed by atoms with van der Waals surface area (Å²) in [5.41, 5.74) is 6.75. The monoisotopic (exact) mass is 284 g/mol. The normalized spacial score (nSPS) is 14.2. The van der Waals surface area contributed by atoms with Gasteiger partial charge in [-0.25, -0.2) is 0 Å². The second-order valence-corrected chi connectivity index (χ2v) is 5.96. The highest BCUT2D eigenvalue weighted by Crippen LogP contribution is 2.32. The first-order valence-corrected chi connectivity index (χ1v) is 6.40. The largest absolute Gasteiger partial charge is 0.349 e. The standard InChI is InChI=1S/C15H24N2O.ClH/c1-11(16)10-13(18)17-14(15(2,3)4)12-8-6-5-7-9-12;/h5-9,11,14H,10,16H2,1-4H3,(H,17,18);1H. The number of hydrogen-bond acceptors (Lipinski definition) is 2. The van der Waals surface area contributed by atoms with Crippen molar-refractivity contribution in [3.8, 4) is 0 Å². The van der Waals surface area contributed by atoms with Crippen LogP contribution in [-0.2, 0) is 4.79 Å². The molecule has 0 heterocycles. The van der Waals surface area contributed by atoms with Crippen LogP contribution in [0.1, 0.15) is 45.7 Å². The summed E-state index contributed by atoms with van der Waals surface area (Å²) in [5, 5.41) is 3.09. The van der Waals surface area contributed by atoms with Gasteiger partial charge in [-0.15, -0.1) is 12.4 Å². The molecule has 3 nitrogen and oxygen atoms in total. The van der Waals surface area contributed by atoms with Crippen LogP contribution < -0.4 is 11.1 Å². The van der Waals surface area contributed by atoms with Crippen molar-refractivity contribution in [2.45, 2.75) is 46.2 Å². The zero-order valence-electron chi connectivity index (χ0n) is 12.1. The molecule has 0 aromatic heterocycles. The van der Waals surface area contributed by atoms with Crippen LogP contribution in [0, 0.1) is 5.41 Å². The van der Waals surface area contributed by atoms with E-state index >= 15 is 0 Å². The van der Waals surface area contributed by atoms with E-state index in [1.54, 1.807) is 0 Å². The lowest BCUT2D eigenvalue weighted by Gasteiger charge is -2.32. The highest BCUT2D eigenvalue weighted by atomic mass is 35.5. The highest BCUT2D eigenvalue weighted by molar-refractivity contribution is 5.85. The maximum Gasteiger partial charge on any atom is 0.222 e. The molecule has 0 aliphatic heterocycles. The van der Waals surface area contributed by atoms with E-state index in [0.29, 0.717) is 6.42 Å². The summed E-state index contributed by atoms with van der Waals surface area (Å²) >= 11 is 0. The molecule has 2 unspecified atom stereocenters. The maximum atomic E-state index is 11.9. The lowest BCUT2D eigenvalue weighted by atomic mass is 9.82. The van der Waals surface area contributed by atoms with Crippen LogP contribution in [0.3, 0.4) is 0 Å². The molecule has 0 bridgehead atoms. The third-order valence-corrected chi connectivity index (χ3v) is 2.81. The highest BCUT2D eigenvalue weighted by Gasteiger charge is 2.27. The van der Waals surface area contributed by atoms with Gasteiger partial charge >= 0.3 is 0 Å². The molecule has 0 spiro atoms. The number of amides is 1. The van der Waals surface area contributed by atoms with Crippen molar-refractivity contribution in [3.05, 3.63) is 35.9 Å². The fourth-order valence-corrected chi connectivity index (χ4v) is 1.96. The predicted octanol–water partition coefficient (Wildman–Crippen LogP) is 3.05. The second-order valence-electron chi connectivity index (χ2n) is 5.96. The number of hydrogen-bond donors (Lipinski definition) is 2. The van der Waals surface area contributed by atoms with Gasteiger partial charge in [-0.3, -0.25) is 4.79 Å². The minimum atomic E-state index is -0.110. The van der Waals surface area contributed by atoms with Gasteiger partial charge in [0.2, 0.25) is 5.91 Å². The first-order valence-electron chi connectivity index (χ1n) is 6.40. The van der Waals surface area contributed by atoms with Crippen LogP contribution in [0.4, 0.5) is 0 Å². The Morgan fingerprint density at radius 2 is 1.79 bits per heavy atom. The van der Waals surface area contributed by atoms with Crippen molar-refractivity contribution in [1.29, 1.82) is 0 Å². The van der Waals surface area contributed by atoms with E-state index in [2.05, 4.69) is 26.1 Å². The molecular formula is C15H25ClN2O. The van der Waals surface area contributed by atoms with Crippen molar-refractivity contribution in [2.75, 3.05) is 0 Å². The molecule has 4 heteroatoms. The van der Waals surface area contributed by atoms with E-state index in [-0.39, 0.29) is 35.8 Å². The predicted molar refractivity (Wildman–Crippen MR) is 82.3 cm³/mol. The van der Waals surface area contributed by atoms with Gasteiger partial charge in [-0.05, 0) is 17.9 Å². The summed E-state index contributed by atoms with van der Waals surface area (Å²) in [7, 11) is 0. The number of nitrogens with one attached hydrogen (secondary N) is 1. The van der Waals surface area contributed by atoms with Crippen LogP contribution >= 0.6 is 12.4 Å². The van der Waals surface area contributed by atoms with E-state index in [9.17, 15) is 4.79 Å². The Morgan fingerprint density at radius 3 is 2.21 bits per heavy atom. The van der Waals surface area contributed by atoms with E-state index in [0.717, 1.165) is 5.56 Å². The SMILES string of the molecule is CC(N)CC(=O)NC(c1ccccc1)C(C)(C)C.Cl.